The number of rotatable bonds is 3. The maximum Gasteiger partial charge on any atom is 0.171 e. The molecule has 4 aliphatic rings. The molecule has 0 radical (unpaired) electrons. The highest BCUT2D eigenvalue weighted by atomic mass is 79.9. The van der Waals surface area contributed by atoms with E-state index in [-0.39, 0.29) is 0 Å². The lowest BCUT2D eigenvalue weighted by molar-refractivity contribution is 0.592. The highest BCUT2D eigenvalue weighted by Crippen LogP contribution is 2.65. The van der Waals surface area contributed by atoms with Crippen LogP contribution in [-0.2, 0) is 15.4 Å². The zero-order valence-corrected chi connectivity index (χ0v) is 34.3. The summed E-state index contributed by atoms with van der Waals surface area (Å²) in [5, 5.41) is 2.49. The van der Waals surface area contributed by atoms with Gasteiger partial charge in [0.1, 0.15) is 0 Å². The molecule has 0 aromatic heterocycles. The fraction of sp³-hybridized carbons (Fsp3) is 0.0357. The molecule has 0 unspecified atom stereocenters. The lowest BCUT2D eigenvalue weighted by atomic mass is 9.70. The van der Waals surface area contributed by atoms with E-state index in [0.29, 0.717) is 0 Å². The summed E-state index contributed by atoms with van der Waals surface area (Å²) in [6.07, 6.45) is 0. The molecule has 59 heavy (non-hydrogen) atoms. The van der Waals surface area contributed by atoms with Crippen molar-refractivity contribution in [3.63, 3.8) is 0 Å². The Bertz CT molecular complexity index is 3010. The van der Waals surface area contributed by atoms with Gasteiger partial charge in [0.15, 0.2) is 7.14 Å². The Labute approximate surface area is 352 Å². The minimum Gasteiger partial charge on any atom is -0.309 e. The fourth-order valence-electron chi connectivity index (χ4n) is 11.7. The number of benzene rings is 9. The van der Waals surface area contributed by atoms with Crippen molar-refractivity contribution in [1.82, 2.24) is 0 Å². The summed E-state index contributed by atoms with van der Waals surface area (Å²) in [6, 6.07) is 74.9. The van der Waals surface area contributed by atoms with Gasteiger partial charge in [-0.05, 0) is 125 Å². The maximum absolute atomic E-state index is 17.0. The van der Waals surface area contributed by atoms with Crippen LogP contribution in [0.2, 0.25) is 0 Å². The quantitative estimate of drug-likeness (QED) is 0.162. The molecule has 4 aliphatic carbocycles. The molecule has 13 rings (SSSR count). The smallest absolute Gasteiger partial charge is 0.171 e. The summed E-state index contributed by atoms with van der Waals surface area (Å²) in [5.74, 6) is 0. The van der Waals surface area contributed by atoms with E-state index >= 15 is 4.57 Å². The summed E-state index contributed by atoms with van der Waals surface area (Å²) < 4.78 is 18.0. The third kappa shape index (κ3) is 4.04. The van der Waals surface area contributed by atoms with Crippen LogP contribution in [0.3, 0.4) is 0 Å². The van der Waals surface area contributed by atoms with Gasteiger partial charge in [-0.25, -0.2) is 0 Å². The van der Waals surface area contributed by atoms with Gasteiger partial charge >= 0.3 is 0 Å². The van der Waals surface area contributed by atoms with Gasteiger partial charge in [0.05, 0.1) is 10.8 Å². The zero-order valence-electron chi connectivity index (χ0n) is 31.9. The van der Waals surface area contributed by atoms with Crippen LogP contribution in [0, 0.1) is 0 Å². The Morgan fingerprint density at radius 1 is 0.288 bits per heavy atom. The van der Waals surface area contributed by atoms with Crippen molar-refractivity contribution < 1.29 is 4.57 Å². The van der Waals surface area contributed by atoms with Gasteiger partial charge in [-0.15, -0.1) is 0 Å². The van der Waals surface area contributed by atoms with E-state index in [1.54, 1.807) is 0 Å². The first-order valence-electron chi connectivity index (χ1n) is 20.3. The van der Waals surface area contributed by atoms with Crippen molar-refractivity contribution in [2.75, 3.05) is 0 Å². The van der Waals surface area contributed by atoms with E-state index < -0.39 is 18.0 Å². The molecule has 0 atom stereocenters. The van der Waals surface area contributed by atoms with Gasteiger partial charge in [-0.2, -0.15) is 0 Å². The Kier molecular flexibility index (Phi) is 6.78. The van der Waals surface area contributed by atoms with Crippen LogP contribution >= 0.6 is 23.1 Å². The van der Waals surface area contributed by atoms with E-state index in [4.69, 9.17) is 0 Å². The lowest BCUT2D eigenvalue weighted by Crippen LogP contribution is -2.31. The Hall–Kier alpha value is -6.31. The van der Waals surface area contributed by atoms with Crippen molar-refractivity contribution in [2.24, 2.45) is 0 Å². The number of hydrogen-bond donors (Lipinski definition) is 0. The van der Waals surface area contributed by atoms with E-state index in [0.717, 1.165) is 20.4 Å². The third-order valence-electron chi connectivity index (χ3n) is 13.9. The molecular weight excluding hydrogens is 799 g/mol. The van der Waals surface area contributed by atoms with E-state index in [2.05, 4.69) is 210 Å². The van der Waals surface area contributed by atoms with Crippen LogP contribution in [0.1, 0.15) is 44.5 Å². The average Bonchev–Trinajstić information content (AvgIpc) is 3.98. The Balaban J connectivity index is 1.11. The predicted molar refractivity (Wildman–Crippen MR) is 246 cm³/mol. The molecule has 276 valence electrons. The highest BCUT2D eigenvalue weighted by molar-refractivity contribution is 9.10. The molecule has 3 heteroatoms. The molecule has 0 fully saturated rings. The first kappa shape index (κ1) is 33.6. The molecule has 9 aromatic carbocycles. The molecular formula is C56H34BrOP. The average molecular weight is 834 g/mol. The molecule has 0 heterocycles. The van der Waals surface area contributed by atoms with Gasteiger partial charge < -0.3 is 4.57 Å². The maximum atomic E-state index is 17.0. The van der Waals surface area contributed by atoms with Crippen molar-refractivity contribution in [3.05, 3.63) is 255 Å². The van der Waals surface area contributed by atoms with Gasteiger partial charge in [0, 0.05) is 20.4 Å². The minimum atomic E-state index is -3.52. The standard InChI is InChI=1S/C56H34BrOP/c57-35-25-27-36(28-26-35)59(58,37-29-31-45-43-17-5-11-23-51(43)55(53(45)33-37)47-19-7-1-13-39(47)40-14-2-8-20-48(40)55)38-30-32-46-44-18-6-12-24-52(44)56(54(46)34-38)49-21-9-3-15-41(49)42-16-4-10-22-50(42)56/h1-34H. The van der Waals surface area contributed by atoms with Crippen molar-refractivity contribution in [1.29, 1.82) is 0 Å². The second kappa shape index (κ2) is 11.9. The van der Waals surface area contributed by atoms with Crippen LogP contribution in [0.5, 0.6) is 0 Å². The predicted octanol–water partition coefficient (Wildman–Crippen LogP) is 12.8. The van der Waals surface area contributed by atoms with Crippen molar-refractivity contribution >= 4 is 39.0 Å². The molecule has 0 aliphatic heterocycles. The third-order valence-corrected chi connectivity index (χ3v) is 17.4. The van der Waals surface area contributed by atoms with Gasteiger partial charge in [0.25, 0.3) is 0 Å². The molecule has 0 saturated heterocycles. The van der Waals surface area contributed by atoms with E-state index in [1.165, 1.54) is 89.0 Å². The molecule has 1 nitrogen and oxygen atoms in total. The van der Waals surface area contributed by atoms with Gasteiger partial charge in [-0.3, -0.25) is 0 Å². The molecule has 0 saturated carbocycles. The second-order valence-electron chi connectivity index (χ2n) is 16.3. The summed E-state index contributed by atoms with van der Waals surface area (Å²) in [6.45, 7) is 0. The highest BCUT2D eigenvalue weighted by Gasteiger charge is 2.54. The topological polar surface area (TPSA) is 17.1 Å². The van der Waals surface area contributed by atoms with Crippen LogP contribution in [0.4, 0.5) is 0 Å². The summed E-state index contributed by atoms with van der Waals surface area (Å²) >= 11 is 3.69. The SMILES string of the molecule is O=P(c1ccc(Br)cc1)(c1ccc2c(c1)C1(c3ccccc3-c3ccccc31)c1ccccc1-2)c1ccc2c(c1)C1(c3ccccc3-c3ccccc31)c1ccccc1-2. The first-order chi connectivity index (χ1) is 29.1. The number of fused-ring (bicyclic) bond motifs is 20. The second-order valence-corrected chi connectivity index (χ2v) is 20.0. The summed E-state index contributed by atoms with van der Waals surface area (Å²) in [4.78, 5) is 0. The zero-order chi connectivity index (χ0) is 39.1. The minimum absolute atomic E-state index is 0.541. The monoisotopic (exact) mass is 832 g/mol. The number of halogens is 1. The Morgan fingerprint density at radius 3 is 0.847 bits per heavy atom. The van der Waals surface area contributed by atoms with Crippen LogP contribution in [0.25, 0.3) is 44.5 Å². The number of hydrogen-bond acceptors (Lipinski definition) is 1. The summed E-state index contributed by atoms with van der Waals surface area (Å²) in [5.41, 5.74) is 18.8. The van der Waals surface area contributed by atoms with Crippen LogP contribution < -0.4 is 15.9 Å². The molecule has 0 amide bonds. The van der Waals surface area contributed by atoms with Gasteiger partial charge in [0.2, 0.25) is 0 Å². The largest absolute Gasteiger partial charge is 0.309 e. The summed E-state index contributed by atoms with van der Waals surface area (Å²) in [7, 11) is -3.52. The van der Waals surface area contributed by atoms with Crippen molar-refractivity contribution in [2.45, 2.75) is 10.8 Å². The first-order valence-corrected chi connectivity index (χ1v) is 22.8. The lowest BCUT2D eigenvalue weighted by Gasteiger charge is -2.32. The van der Waals surface area contributed by atoms with Crippen molar-refractivity contribution in [3.8, 4) is 44.5 Å². The molecule has 2 spiro atoms. The molecule has 9 aromatic rings. The van der Waals surface area contributed by atoms with Crippen LogP contribution in [-0.4, -0.2) is 0 Å². The molecule has 0 N–H and O–H groups in total. The van der Waals surface area contributed by atoms with E-state index in [1.807, 2.05) is 12.1 Å². The molecule has 0 bridgehead atoms. The Morgan fingerprint density at radius 2 is 0.542 bits per heavy atom. The van der Waals surface area contributed by atoms with E-state index in [9.17, 15) is 0 Å². The van der Waals surface area contributed by atoms with Gasteiger partial charge in [-0.1, -0.05) is 186 Å². The fourth-order valence-corrected chi connectivity index (χ4v) is 14.6. The normalized spacial score (nSPS) is 14.9. The van der Waals surface area contributed by atoms with Crippen LogP contribution in [0.15, 0.2) is 211 Å².